The van der Waals surface area contributed by atoms with E-state index in [0.29, 0.717) is 17.9 Å². The average molecular weight is 290 g/mol. The molecule has 2 heterocycles. The lowest BCUT2D eigenvalue weighted by Crippen LogP contribution is -2.38. The summed E-state index contributed by atoms with van der Waals surface area (Å²) in [7, 11) is 0. The molecular formula is C13H10N2O4S. The molecule has 0 saturated carbocycles. The highest BCUT2D eigenvalue weighted by molar-refractivity contribution is 7.07. The number of amides is 1. The molecule has 0 aliphatic carbocycles. The van der Waals surface area contributed by atoms with E-state index < -0.39 is 5.97 Å². The number of fused-ring (bicyclic) bond motifs is 1. The van der Waals surface area contributed by atoms with Crippen molar-refractivity contribution in [1.82, 2.24) is 4.98 Å². The van der Waals surface area contributed by atoms with Crippen LogP contribution in [0, 0.1) is 0 Å². The number of para-hydroxylation sites is 1. The minimum absolute atomic E-state index is 0.0540. The minimum atomic E-state index is -1.08. The standard InChI is InChI=1S/C13H10N2O4S/c16-12(9-6-20-7-14-9)15-4-5-19-11-8(13(17)18)2-1-3-10(11)15/h1-3,6-7H,4-5H2,(H,17,18). The summed E-state index contributed by atoms with van der Waals surface area (Å²) in [6.07, 6.45) is 0. The molecule has 0 atom stereocenters. The number of hydrogen-bond acceptors (Lipinski definition) is 5. The van der Waals surface area contributed by atoms with Crippen LogP contribution in [-0.2, 0) is 0 Å². The number of carbonyl (C=O) groups excluding carboxylic acids is 1. The molecule has 20 heavy (non-hydrogen) atoms. The third kappa shape index (κ3) is 2.01. The Bertz CT molecular complexity index is 669. The molecule has 0 saturated heterocycles. The number of benzene rings is 1. The van der Waals surface area contributed by atoms with Crippen molar-refractivity contribution >= 4 is 28.9 Å². The van der Waals surface area contributed by atoms with E-state index in [1.54, 1.807) is 23.0 Å². The zero-order valence-electron chi connectivity index (χ0n) is 10.3. The van der Waals surface area contributed by atoms with Gasteiger partial charge in [-0.1, -0.05) is 6.07 Å². The maximum Gasteiger partial charge on any atom is 0.339 e. The van der Waals surface area contributed by atoms with Gasteiger partial charge in [0.05, 0.1) is 17.7 Å². The van der Waals surface area contributed by atoms with Gasteiger partial charge in [0, 0.05) is 5.38 Å². The number of thiazole rings is 1. The van der Waals surface area contributed by atoms with E-state index in [0.717, 1.165) is 0 Å². The Balaban J connectivity index is 2.05. The lowest BCUT2D eigenvalue weighted by atomic mass is 10.1. The van der Waals surface area contributed by atoms with Crippen LogP contribution in [-0.4, -0.2) is 35.1 Å². The Kier molecular flexibility index (Phi) is 3.11. The molecule has 7 heteroatoms. The van der Waals surface area contributed by atoms with Gasteiger partial charge in [-0.25, -0.2) is 9.78 Å². The predicted octanol–water partition coefficient (Wildman–Crippen LogP) is 1.88. The van der Waals surface area contributed by atoms with Crippen molar-refractivity contribution in [3.63, 3.8) is 0 Å². The summed E-state index contributed by atoms with van der Waals surface area (Å²) in [5.74, 6) is -1.10. The Morgan fingerprint density at radius 2 is 2.25 bits per heavy atom. The molecule has 6 nitrogen and oxygen atoms in total. The number of anilines is 1. The predicted molar refractivity (Wildman–Crippen MR) is 72.7 cm³/mol. The van der Waals surface area contributed by atoms with Crippen molar-refractivity contribution in [2.24, 2.45) is 0 Å². The van der Waals surface area contributed by atoms with Gasteiger partial charge in [0.2, 0.25) is 0 Å². The Morgan fingerprint density at radius 3 is 2.95 bits per heavy atom. The van der Waals surface area contributed by atoms with Gasteiger partial charge >= 0.3 is 5.97 Å². The number of hydrogen-bond donors (Lipinski definition) is 1. The van der Waals surface area contributed by atoms with Crippen LogP contribution in [0.3, 0.4) is 0 Å². The van der Waals surface area contributed by atoms with Gasteiger partial charge < -0.3 is 14.7 Å². The van der Waals surface area contributed by atoms with Crippen LogP contribution in [0.4, 0.5) is 5.69 Å². The zero-order valence-corrected chi connectivity index (χ0v) is 11.1. The van der Waals surface area contributed by atoms with Crippen LogP contribution in [0.1, 0.15) is 20.8 Å². The van der Waals surface area contributed by atoms with Crippen LogP contribution in [0.15, 0.2) is 29.1 Å². The van der Waals surface area contributed by atoms with E-state index >= 15 is 0 Å². The first-order valence-electron chi connectivity index (χ1n) is 5.87. The molecule has 1 aliphatic heterocycles. The van der Waals surface area contributed by atoms with Gasteiger partial charge in [0.15, 0.2) is 5.75 Å². The fraction of sp³-hybridized carbons (Fsp3) is 0.154. The van der Waals surface area contributed by atoms with Crippen LogP contribution >= 0.6 is 11.3 Å². The topological polar surface area (TPSA) is 79.7 Å². The molecule has 102 valence electrons. The molecule has 0 radical (unpaired) electrons. The Hall–Kier alpha value is -2.41. The molecule has 1 aromatic heterocycles. The molecule has 2 aromatic rings. The summed E-state index contributed by atoms with van der Waals surface area (Å²) in [6.45, 7) is 0.625. The number of ether oxygens (including phenoxy) is 1. The highest BCUT2D eigenvalue weighted by Gasteiger charge is 2.28. The highest BCUT2D eigenvalue weighted by Crippen LogP contribution is 2.35. The molecule has 1 N–H and O–H groups in total. The molecule has 0 fully saturated rings. The number of aromatic carboxylic acids is 1. The first kappa shape index (κ1) is 12.6. The summed E-state index contributed by atoms with van der Waals surface area (Å²) in [5, 5.41) is 10.8. The first-order chi connectivity index (χ1) is 9.68. The van der Waals surface area contributed by atoms with Crippen molar-refractivity contribution in [2.45, 2.75) is 0 Å². The Labute approximate surface area is 118 Å². The molecule has 1 aliphatic rings. The minimum Gasteiger partial charge on any atom is -0.489 e. The number of carbonyl (C=O) groups is 2. The van der Waals surface area contributed by atoms with Crippen LogP contribution < -0.4 is 9.64 Å². The molecule has 0 bridgehead atoms. The number of carboxylic acids is 1. The van der Waals surface area contributed by atoms with Crippen LogP contribution in [0.5, 0.6) is 5.75 Å². The van der Waals surface area contributed by atoms with Gasteiger partial charge in [-0.3, -0.25) is 4.79 Å². The number of carboxylic acid groups (broad SMARTS) is 1. The highest BCUT2D eigenvalue weighted by atomic mass is 32.1. The van der Waals surface area contributed by atoms with Gasteiger partial charge in [-0.15, -0.1) is 11.3 Å². The second-order valence-corrected chi connectivity index (χ2v) is 4.86. The largest absolute Gasteiger partial charge is 0.489 e. The third-order valence-electron chi connectivity index (χ3n) is 2.97. The van der Waals surface area contributed by atoms with E-state index in [9.17, 15) is 9.59 Å². The maximum atomic E-state index is 12.4. The van der Waals surface area contributed by atoms with Gasteiger partial charge in [0.1, 0.15) is 17.9 Å². The van der Waals surface area contributed by atoms with E-state index in [-0.39, 0.29) is 23.8 Å². The summed E-state index contributed by atoms with van der Waals surface area (Å²) >= 11 is 1.34. The quantitative estimate of drug-likeness (QED) is 0.913. The van der Waals surface area contributed by atoms with Crippen molar-refractivity contribution < 1.29 is 19.4 Å². The lowest BCUT2D eigenvalue weighted by molar-refractivity contribution is 0.0690. The normalized spacial score (nSPS) is 13.5. The fourth-order valence-electron chi connectivity index (χ4n) is 2.08. The van der Waals surface area contributed by atoms with Crippen molar-refractivity contribution in [3.05, 3.63) is 40.3 Å². The van der Waals surface area contributed by atoms with Crippen molar-refractivity contribution in [1.29, 1.82) is 0 Å². The van der Waals surface area contributed by atoms with Gasteiger partial charge in [-0.2, -0.15) is 0 Å². The first-order valence-corrected chi connectivity index (χ1v) is 6.82. The van der Waals surface area contributed by atoms with E-state index in [1.165, 1.54) is 22.3 Å². The monoisotopic (exact) mass is 290 g/mol. The number of nitrogens with zero attached hydrogens (tertiary/aromatic N) is 2. The molecular weight excluding hydrogens is 280 g/mol. The van der Waals surface area contributed by atoms with E-state index in [2.05, 4.69) is 4.98 Å². The molecule has 1 aromatic carbocycles. The molecule has 3 rings (SSSR count). The zero-order chi connectivity index (χ0) is 14.1. The maximum absolute atomic E-state index is 12.4. The summed E-state index contributed by atoms with van der Waals surface area (Å²) in [4.78, 5) is 29.0. The van der Waals surface area contributed by atoms with E-state index in [1.807, 2.05) is 0 Å². The Morgan fingerprint density at radius 1 is 1.40 bits per heavy atom. The number of rotatable bonds is 2. The molecule has 1 amide bonds. The third-order valence-corrected chi connectivity index (χ3v) is 3.56. The lowest BCUT2D eigenvalue weighted by Gasteiger charge is -2.29. The SMILES string of the molecule is O=C(O)c1cccc2c1OCCN2C(=O)c1cscn1. The number of aromatic nitrogens is 1. The molecule has 0 spiro atoms. The van der Waals surface area contributed by atoms with Gasteiger partial charge in [-0.05, 0) is 12.1 Å². The average Bonchev–Trinajstić information content (AvgIpc) is 2.99. The van der Waals surface area contributed by atoms with Crippen LogP contribution in [0.2, 0.25) is 0 Å². The smallest absolute Gasteiger partial charge is 0.339 e. The van der Waals surface area contributed by atoms with Crippen LogP contribution in [0.25, 0.3) is 0 Å². The second kappa shape index (κ2) is 4.93. The van der Waals surface area contributed by atoms with Crippen molar-refractivity contribution in [2.75, 3.05) is 18.1 Å². The van der Waals surface area contributed by atoms with Gasteiger partial charge in [0.25, 0.3) is 5.91 Å². The van der Waals surface area contributed by atoms with Crippen molar-refractivity contribution in [3.8, 4) is 5.75 Å². The summed E-state index contributed by atoms with van der Waals surface area (Å²) in [5.41, 5.74) is 2.46. The molecule has 0 unspecified atom stereocenters. The fourth-order valence-corrected chi connectivity index (χ4v) is 2.61. The second-order valence-electron chi connectivity index (χ2n) is 4.14. The van der Waals surface area contributed by atoms with E-state index in [4.69, 9.17) is 9.84 Å². The summed E-state index contributed by atoms with van der Waals surface area (Å²) in [6, 6.07) is 4.72. The summed E-state index contributed by atoms with van der Waals surface area (Å²) < 4.78 is 5.42.